The maximum atomic E-state index is 6.29. The van der Waals surface area contributed by atoms with Crippen LogP contribution in [0.25, 0.3) is 0 Å². The zero-order chi connectivity index (χ0) is 23.1. The Morgan fingerprint density at radius 2 is 1.34 bits per heavy atom. The van der Waals surface area contributed by atoms with Gasteiger partial charge in [-0.05, 0) is 79.2 Å². The molecule has 0 aliphatic rings. The lowest BCUT2D eigenvalue weighted by Gasteiger charge is -2.46. The molecule has 0 radical (unpaired) electrons. The molecule has 3 N–H and O–H groups in total. The Bertz CT molecular complexity index is 459. The van der Waals surface area contributed by atoms with Gasteiger partial charge in [0, 0.05) is 11.6 Å². The largest absolute Gasteiger partial charge is 0.379 e. The third-order valence-corrected chi connectivity index (χ3v) is 7.26. The first-order chi connectivity index (χ1) is 13.0. The second-order valence-electron chi connectivity index (χ2n) is 11.2. The average molecular weight is 417 g/mol. The lowest BCUT2D eigenvalue weighted by Crippen LogP contribution is -2.48. The minimum Gasteiger partial charge on any atom is -0.379 e. The van der Waals surface area contributed by atoms with E-state index >= 15 is 0 Å². The van der Waals surface area contributed by atoms with E-state index in [-0.39, 0.29) is 28.2 Å². The first kappa shape index (κ1) is 28.8. The van der Waals surface area contributed by atoms with E-state index in [1.54, 1.807) is 0 Å². The van der Waals surface area contributed by atoms with Gasteiger partial charge in [-0.15, -0.1) is 0 Å². The molecule has 0 fully saturated rings. The molecule has 0 saturated heterocycles. The van der Waals surface area contributed by atoms with Gasteiger partial charge in [-0.2, -0.15) is 0 Å². The summed E-state index contributed by atoms with van der Waals surface area (Å²) >= 11 is 0. The predicted octanol–water partition coefficient (Wildman–Crippen LogP) is 4.63. The van der Waals surface area contributed by atoms with Gasteiger partial charge in [0.05, 0.1) is 37.6 Å². The van der Waals surface area contributed by atoms with Crippen LogP contribution in [0.1, 0.15) is 82.6 Å². The Morgan fingerprint density at radius 3 is 1.83 bits per heavy atom. The van der Waals surface area contributed by atoms with Crippen molar-refractivity contribution in [3.05, 3.63) is 0 Å². The smallest absolute Gasteiger partial charge is 0.0708 e. The second-order valence-corrected chi connectivity index (χ2v) is 11.2. The molecule has 176 valence electrons. The highest BCUT2D eigenvalue weighted by Crippen LogP contribution is 2.41. The molecule has 0 heterocycles. The molecule has 0 aromatic carbocycles. The number of hydrogen-bond donors (Lipinski definition) is 2. The van der Waals surface area contributed by atoms with Crippen LogP contribution in [0.2, 0.25) is 0 Å². The molecule has 0 bridgehead atoms. The van der Waals surface area contributed by atoms with Crippen LogP contribution >= 0.6 is 0 Å². The highest BCUT2D eigenvalue weighted by atomic mass is 16.5. The van der Waals surface area contributed by atoms with Crippen molar-refractivity contribution in [3.8, 4) is 0 Å². The molecule has 3 atom stereocenters. The summed E-state index contributed by atoms with van der Waals surface area (Å²) in [5, 5.41) is 3.34. The van der Waals surface area contributed by atoms with Crippen molar-refractivity contribution in [2.24, 2.45) is 23.0 Å². The summed E-state index contributed by atoms with van der Waals surface area (Å²) in [6.07, 6.45) is 0.847. The van der Waals surface area contributed by atoms with Crippen molar-refractivity contribution in [2.45, 2.75) is 105 Å². The summed E-state index contributed by atoms with van der Waals surface area (Å²) in [5.41, 5.74) is 5.46. The van der Waals surface area contributed by atoms with Crippen LogP contribution in [0.3, 0.4) is 0 Å². The van der Waals surface area contributed by atoms with Crippen LogP contribution < -0.4 is 11.1 Å². The van der Waals surface area contributed by atoms with Gasteiger partial charge in [-0.3, -0.25) is 0 Å². The molecule has 29 heavy (non-hydrogen) atoms. The van der Waals surface area contributed by atoms with Gasteiger partial charge in [0.15, 0.2) is 0 Å². The van der Waals surface area contributed by atoms with E-state index in [4.69, 9.17) is 19.9 Å². The SMILES string of the molecule is CNC(C)(C)C(C)COCCOC(C)(C)C(C)(C)C(C)COC(C)(C)CC(C)N. The maximum Gasteiger partial charge on any atom is 0.0708 e. The quantitative estimate of drug-likeness (QED) is 0.381. The Kier molecular flexibility index (Phi) is 11.3. The summed E-state index contributed by atoms with van der Waals surface area (Å²) in [6.45, 7) is 26.6. The lowest BCUT2D eigenvalue weighted by molar-refractivity contribution is -0.149. The Morgan fingerprint density at radius 1 is 0.793 bits per heavy atom. The van der Waals surface area contributed by atoms with E-state index in [1.165, 1.54) is 0 Å². The second kappa shape index (κ2) is 11.4. The molecule has 5 nitrogen and oxygen atoms in total. The number of ether oxygens (including phenoxy) is 3. The molecule has 0 aromatic heterocycles. The zero-order valence-electron chi connectivity index (χ0n) is 21.6. The van der Waals surface area contributed by atoms with E-state index < -0.39 is 0 Å². The first-order valence-corrected chi connectivity index (χ1v) is 11.3. The molecule has 0 spiro atoms. The van der Waals surface area contributed by atoms with E-state index in [0.717, 1.165) is 13.0 Å². The number of rotatable bonds is 15. The van der Waals surface area contributed by atoms with Gasteiger partial charge >= 0.3 is 0 Å². The van der Waals surface area contributed by atoms with Gasteiger partial charge in [0.1, 0.15) is 0 Å². The third-order valence-electron chi connectivity index (χ3n) is 7.26. The van der Waals surface area contributed by atoms with Gasteiger partial charge in [0.2, 0.25) is 0 Å². The van der Waals surface area contributed by atoms with Gasteiger partial charge in [0.25, 0.3) is 0 Å². The average Bonchev–Trinajstić information content (AvgIpc) is 2.57. The summed E-state index contributed by atoms with van der Waals surface area (Å²) in [4.78, 5) is 0. The van der Waals surface area contributed by atoms with Gasteiger partial charge < -0.3 is 25.3 Å². The summed E-state index contributed by atoms with van der Waals surface area (Å²) in [6, 6.07) is 0.134. The molecule has 3 unspecified atom stereocenters. The van der Waals surface area contributed by atoms with E-state index in [9.17, 15) is 0 Å². The van der Waals surface area contributed by atoms with E-state index in [0.29, 0.717) is 31.7 Å². The number of nitrogens with two attached hydrogens (primary N) is 1. The minimum absolute atomic E-state index is 0.0567. The van der Waals surface area contributed by atoms with Crippen LogP contribution in [-0.2, 0) is 14.2 Å². The Balaban J connectivity index is 4.54. The van der Waals surface area contributed by atoms with Crippen LogP contribution in [0, 0.1) is 17.3 Å². The molecule has 0 aromatic rings. The highest BCUT2D eigenvalue weighted by Gasteiger charge is 2.42. The van der Waals surface area contributed by atoms with Crippen molar-refractivity contribution < 1.29 is 14.2 Å². The van der Waals surface area contributed by atoms with Gasteiger partial charge in [-0.25, -0.2) is 0 Å². The molecule has 5 heteroatoms. The number of hydrogen-bond acceptors (Lipinski definition) is 5. The zero-order valence-corrected chi connectivity index (χ0v) is 21.6. The fourth-order valence-electron chi connectivity index (χ4n) is 3.24. The van der Waals surface area contributed by atoms with Crippen LogP contribution in [-0.4, -0.2) is 56.3 Å². The summed E-state index contributed by atoms with van der Waals surface area (Å²) < 4.78 is 18.4. The van der Waals surface area contributed by atoms with Crippen molar-refractivity contribution in [1.29, 1.82) is 0 Å². The molecule has 0 aliphatic carbocycles. The standard InChI is InChI=1S/C24H52N2O3/c1-18(17-29-21(4,5)15-20(3)25)22(6,7)24(10,11)28-14-13-27-16-19(2)23(8,9)26-12/h18-20,26H,13-17,25H2,1-12H3. The fraction of sp³-hybridized carbons (Fsp3) is 1.00. The summed E-state index contributed by atoms with van der Waals surface area (Å²) in [5.74, 6) is 0.760. The molecule has 0 rings (SSSR count). The molecule has 0 saturated carbocycles. The summed E-state index contributed by atoms with van der Waals surface area (Å²) in [7, 11) is 1.99. The monoisotopic (exact) mass is 416 g/mol. The van der Waals surface area contributed by atoms with Crippen LogP contribution in [0.15, 0.2) is 0 Å². The van der Waals surface area contributed by atoms with Crippen molar-refractivity contribution >= 4 is 0 Å². The van der Waals surface area contributed by atoms with E-state index in [2.05, 4.69) is 74.6 Å². The third kappa shape index (κ3) is 9.65. The molecular formula is C24H52N2O3. The van der Waals surface area contributed by atoms with E-state index in [1.807, 2.05) is 14.0 Å². The van der Waals surface area contributed by atoms with Crippen LogP contribution in [0.4, 0.5) is 0 Å². The Labute approximate surface area is 181 Å². The van der Waals surface area contributed by atoms with Crippen molar-refractivity contribution in [3.63, 3.8) is 0 Å². The number of nitrogens with one attached hydrogen (secondary N) is 1. The predicted molar refractivity (Wildman–Crippen MR) is 124 cm³/mol. The highest BCUT2D eigenvalue weighted by molar-refractivity contribution is 4.92. The molecule has 0 amide bonds. The molecule has 0 aliphatic heterocycles. The molecular weight excluding hydrogens is 364 g/mol. The normalized spacial score (nSPS) is 17.3. The van der Waals surface area contributed by atoms with Gasteiger partial charge in [-0.1, -0.05) is 27.7 Å². The fourth-order valence-corrected chi connectivity index (χ4v) is 3.24. The lowest BCUT2D eigenvalue weighted by atomic mass is 9.68. The minimum atomic E-state index is -0.291. The topological polar surface area (TPSA) is 65.7 Å². The maximum absolute atomic E-state index is 6.29. The van der Waals surface area contributed by atoms with Crippen molar-refractivity contribution in [1.82, 2.24) is 5.32 Å². The first-order valence-electron chi connectivity index (χ1n) is 11.3. The Hall–Kier alpha value is -0.200. The van der Waals surface area contributed by atoms with Crippen LogP contribution in [0.5, 0.6) is 0 Å². The van der Waals surface area contributed by atoms with Crippen molar-refractivity contribution in [2.75, 3.05) is 33.5 Å².